The van der Waals surface area contributed by atoms with E-state index in [-0.39, 0.29) is 10.6 Å². The number of aliphatic hydroxyl groups excluding tert-OH is 1. The molecule has 86 valence electrons. The highest BCUT2D eigenvalue weighted by atomic mass is 35.5. The number of carbonyl (C=O) groups is 1. The molecular weight excluding hydrogens is 235 g/mol. The van der Waals surface area contributed by atoms with Crippen LogP contribution in [0.3, 0.4) is 0 Å². The van der Waals surface area contributed by atoms with Gasteiger partial charge in [0.15, 0.2) is 0 Å². The molecule has 1 aromatic carbocycles. The summed E-state index contributed by atoms with van der Waals surface area (Å²) in [4.78, 5) is 10.9. The first-order chi connectivity index (χ1) is 7.52. The van der Waals surface area contributed by atoms with Crippen LogP contribution in [0, 0.1) is 5.82 Å². The Morgan fingerprint density at radius 1 is 1.69 bits per heavy atom. The molecule has 0 aromatic heterocycles. The fourth-order valence-corrected chi connectivity index (χ4v) is 1.10. The van der Waals surface area contributed by atoms with Crippen LogP contribution in [0.4, 0.5) is 4.39 Å². The van der Waals surface area contributed by atoms with E-state index < -0.39 is 17.8 Å². The third-order valence-corrected chi connectivity index (χ3v) is 2.08. The van der Waals surface area contributed by atoms with Crippen molar-refractivity contribution in [1.82, 2.24) is 5.43 Å². The number of aliphatic hydroxyl groups is 1. The number of halogens is 2. The predicted octanol–water partition coefficient (Wildman–Crippen LogP) is 1.31. The molecule has 0 saturated heterocycles. The lowest BCUT2D eigenvalue weighted by atomic mass is 10.2. The molecule has 4 nitrogen and oxygen atoms in total. The van der Waals surface area contributed by atoms with Gasteiger partial charge in [-0.2, -0.15) is 5.10 Å². The fraction of sp³-hybridized carbons (Fsp3) is 0.200. The van der Waals surface area contributed by atoms with Crippen LogP contribution in [0.5, 0.6) is 0 Å². The molecule has 0 bridgehead atoms. The zero-order valence-corrected chi connectivity index (χ0v) is 9.20. The molecule has 1 rings (SSSR count). The van der Waals surface area contributed by atoms with E-state index in [1.54, 1.807) is 0 Å². The number of amides is 1. The first-order valence-electron chi connectivity index (χ1n) is 4.47. The molecular formula is C10H10ClFN2O2. The fourth-order valence-electron chi connectivity index (χ4n) is 0.888. The van der Waals surface area contributed by atoms with E-state index in [0.717, 1.165) is 6.21 Å². The van der Waals surface area contributed by atoms with Crippen molar-refractivity contribution in [3.05, 3.63) is 34.6 Å². The minimum atomic E-state index is -1.17. The van der Waals surface area contributed by atoms with Gasteiger partial charge in [-0.1, -0.05) is 17.7 Å². The van der Waals surface area contributed by atoms with Gasteiger partial charge in [-0.25, -0.2) is 9.82 Å². The second-order valence-corrected chi connectivity index (χ2v) is 3.45. The maximum absolute atomic E-state index is 13.2. The second-order valence-electron chi connectivity index (χ2n) is 3.05. The van der Waals surface area contributed by atoms with Crippen LogP contribution < -0.4 is 5.43 Å². The van der Waals surface area contributed by atoms with Gasteiger partial charge < -0.3 is 5.11 Å². The van der Waals surface area contributed by atoms with Gasteiger partial charge in [0.25, 0.3) is 5.91 Å². The van der Waals surface area contributed by atoms with Crippen molar-refractivity contribution in [2.24, 2.45) is 5.10 Å². The first-order valence-corrected chi connectivity index (χ1v) is 4.85. The predicted molar refractivity (Wildman–Crippen MR) is 58.8 cm³/mol. The summed E-state index contributed by atoms with van der Waals surface area (Å²) >= 11 is 5.71. The van der Waals surface area contributed by atoms with Gasteiger partial charge in [-0.15, -0.1) is 0 Å². The Balaban J connectivity index is 2.74. The summed E-state index contributed by atoms with van der Waals surface area (Å²) in [6, 6.07) is 4.19. The highest BCUT2D eigenvalue weighted by Crippen LogP contribution is 2.16. The highest BCUT2D eigenvalue weighted by molar-refractivity contribution is 6.33. The maximum Gasteiger partial charge on any atom is 0.268 e. The van der Waals surface area contributed by atoms with Crippen LogP contribution in [-0.2, 0) is 4.79 Å². The molecule has 1 atom stereocenters. The molecule has 6 heteroatoms. The van der Waals surface area contributed by atoms with E-state index in [1.165, 1.54) is 25.1 Å². The largest absolute Gasteiger partial charge is 0.383 e. The highest BCUT2D eigenvalue weighted by Gasteiger charge is 2.07. The van der Waals surface area contributed by atoms with E-state index >= 15 is 0 Å². The van der Waals surface area contributed by atoms with Gasteiger partial charge in [0.1, 0.15) is 11.9 Å². The smallest absolute Gasteiger partial charge is 0.268 e. The third-order valence-electron chi connectivity index (χ3n) is 1.75. The van der Waals surface area contributed by atoms with Crippen molar-refractivity contribution < 1.29 is 14.3 Å². The van der Waals surface area contributed by atoms with E-state index in [9.17, 15) is 9.18 Å². The maximum atomic E-state index is 13.2. The number of benzene rings is 1. The first kappa shape index (κ1) is 12.6. The van der Waals surface area contributed by atoms with Crippen LogP contribution in [0.15, 0.2) is 23.3 Å². The molecule has 0 radical (unpaired) electrons. The van der Waals surface area contributed by atoms with E-state index in [0.29, 0.717) is 0 Å². The van der Waals surface area contributed by atoms with Crippen molar-refractivity contribution in [1.29, 1.82) is 0 Å². The Labute approximate surface area is 96.7 Å². The van der Waals surface area contributed by atoms with Crippen LogP contribution in [0.2, 0.25) is 5.02 Å². The third kappa shape index (κ3) is 3.29. The Bertz CT molecular complexity index is 401. The summed E-state index contributed by atoms with van der Waals surface area (Å²) in [7, 11) is 0. The molecule has 0 spiro atoms. The van der Waals surface area contributed by atoms with Gasteiger partial charge >= 0.3 is 0 Å². The average molecular weight is 245 g/mol. The van der Waals surface area contributed by atoms with Gasteiger partial charge in [0.05, 0.1) is 11.2 Å². The Morgan fingerprint density at radius 3 is 2.94 bits per heavy atom. The number of hydrogen-bond acceptors (Lipinski definition) is 3. The molecule has 0 saturated carbocycles. The Kier molecular flexibility index (Phi) is 4.39. The molecule has 16 heavy (non-hydrogen) atoms. The molecule has 1 amide bonds. The molecule has 2 N–H and O–H groups in total. The topological polar surface area (TPSA) is 61.7 Å². The minimum Gasteiger partial charge on any atom is -0.383 e. The number of nitrogens with zero attached hydrogens (tertiary/aromatic N) is 1. The quantitative estimate of drug-likeness (QED) is 0.622. The second kappa shape index (κ2) is 5.58. The van der Waals surface area contributed by atoms with Crippen molar-refractivity contribution in [3.8, 4) is 0 Å². The molecule has 0 unspecified atom stereocenters. The summed E-state index contributed by atoms with van der Waals surface area (Å²) in [6.07, 6.45) is -0.0916. The molecule has 0 heterocycles. The van der Waals surface area contributed by atoms with Gasteiger partial charge in [0.2, 0.25) is 0 Å². The lowest BCUT2D eigenvalue weighted by Crippen LogP contribution is -2.28. The Morgan fingerprint density at radius 2 is 2.38 bits per heavy atom. The normalized spacial score (nSPS) is 12.8. The van der Waals surface area contributed by atoms with Crippen molar-refractivity contribution in [3.63, 3.8) is 0 Å². The van der Waals surface area contributed by atoms with Crippen LogP contribution in [-0.4, -0.2) is 23.3 Å². The van der Waals surface area contributed by atoms with Crippen LogP contribution in [0.25, 0.3) is 0 Å². The Hall–Kier alpha value is -1.46. The van der Waals surface area contributed by atoms with Gasteiger partial charge in [0, 0.05) is 5.56 Å². The van der Waals surface area contributed by atoms with Crippen molar-refractivity contribution in [2.45, 2.75) is 13.0 Å². The lowest BCUT2D eigenvalue weighted by molar-refractivity contribution is -0.128. The number of rotatable bonds is 3. The number of hydrazone groups is 1. The van der Waals surface area contributed by atoms with E-state index in [2.05, 4.69) is 5.10 Å². The van der Waals surface area contributed by atoms with Crippen LogP contribution in [0.1, 0.15) is 12.5 Å². The molecule has 1 aromatic rings. The van der Waals surface area contributed by atoms with Crippen molar-refractivity contribution in [2.75, 3.05) is 0 Å². The zero-order valence-electron chi connectivity index (χ0n) is 8.45. The summed E-state index contributed by atoms with van der Waals surface area (Å²) in [5, 5.41) is 12.5. The van der Waals surface area contributed by atoms with E-state index in [4.69, 9.17) is 16.7 Å². The zero-order chi connectivity index (χ0) is 12.1. The summed E-state index contributed by atoms with van der Waals surface area (Å²) < 4.78 is 13.2. The number of hydrogen-bond donors (Lipinski definition) is 2. The molecule has 0 aliphatic rings. The SMILES string of the molecule is C[C@H](O)C(=O)N/N=C/c1c(F)cccc1Cl. The van der Waals surface area contributed by atoms with Crippen molar-refractivity contribution >= 4 is 23.7 Å². The molecule has 0 aliphatic heterocycles. The number of carbonyl (C=O) groups excluding carboxylic acids is 1. The summed E-state index contributed by atoms with van der Waals surface area (Å²) in [5.41, 5.74) is 2.12. The summed E-state index contributed by atoms with van der Waals surface area (Å²) in [5.74, 6) is -1.22. The number of nitrogens with one attached hydrogen (secondary N) is 1. The average Bonchev–Trinajstić information content (AvgIpc) is 2.22. The monoisotopic (exact) mass is 244 g/mol. The minimum absolute atomic E-state index is 0.0788. The lowest BCUT2D eigenvalue weighted by Gasteiger charge is -2.02. The standard InChI is InChI=1S/C10H10ClFN2O2/c1-6(15)10(16)14-13-5-7-8(11)3-2-4-9(7)12/h2-6,15H,1H3,(H,14,16)/b13-5+/t6-/m0/s1. The molecule has 0 aliphatic carbocycles. The van der Waals surface area contributed by atoms with Gasteiger partial charge in [-0.3, -0.25) is 4.79 Å². The van der Waals surface area contributed by atoms with Crippen LogP contribution >= 0.6 is 11.6 Å². The van der Waals surface area contributed by atoms with E-state index in [1.807, 2.05) is 5.43 Å². The summed E-state index contributed by atoms with van der Waals surface area (Å²) in [6.45, 7) is 1.29. The molecule has 0 fully saturated rings. The van der Waals surface area contributed by atoms with Gasteiger partial charge in [-0.05, 0) is 19.1 Å².